The van der Waals surface area contributed by atoms with Gasteiger partial charge in [0.2, 0.25) is 11.7 Å². The summed E-state index contributed by atoms with van der Waals surface area (Å²) in [6.45, 7) is 0. The highest BCUT2D eigenvalue weighted by molar-refractivity contribution is 5.70. The molecule has 2 aromatic heterocycles. The molecule has 0 aliphatic rings. The molecule has 0 atom stereocenters. The van der Waals surface area contributed by atoms with Gasteiger partial charge < -0.3 is 10.3 Å². The maximum atomic E-state index is 5.88. The van der Waals surface area contributed by atoms with Crippen LogP contribution in [-0.2, 0) is 6.42 Å². The van der Waals surface area contributed by atoms with E-state index in [1.165, 1.54) is 0 Å². The Bertz CT molecular complexity index is 679. The number of hydrogen-bond acceptors (Lipinski definition) is 5. The molecule has 5 heteroatoms. The molecule has 3 rings (SSSR count). The van der Waals surface area contributed by atoms with Crippen molar-refractivity contribution in [2.75, 3.05) is 5.73 Å². The second kappa shape index (κ2) is 4.89. The number of nitrogens with zero attached hydrogens (tertiary/aromatic N) is 3. The Morgan fingerprint density at radius 2 is 1.84 bits per heavy atom. The summed E-state index contributed by atoms with van der Waals surface area (Å²) >= 11 is 0. The van der Waals surface area contributed by atoms with Gasteiger partial charge in [0, 0.05) is 23.6 Å². The molecule has 0 saturated heterocycles. The number of nitrogens with two attached hydrogens (primary N) is 1. The van der Waals surface area contributed by atoms with E-state index in [0.717, 1.165) is 11.1 Å². The average molecular weight is 252 g/mol. The molecule has 2 N–H and O–H groups in total. The van der Waals surface area contributed by atoms with Crippen LogP contribution in [0.3, 0.4) is 0 Å². The fraction of sp³-hybridized carbons (Fsp3) is 0.0714. The van der Waals surface area contributed by atoms with Crippen LogP contribution in [0.1, 0.15) is 11.5 Å². The van der Waals surface area contributed by atoms with Crippen molar-refractivity contribution in [1.82, 2.24) is 15.1 Å². The first-order valence-corrected chi connectivity index (χ1v) is 5.89. The van der Waals surface area contributed by atoms with Crippen LogP contribution in [-0.4, -0.2) is 15.1 Å². The molecule has 19 heavy (non-hydrogen) atoms. The van der Waals surface area contributed by atoms with Crippen molar-refractivity contribution in [3.8, 4) is 11.4 Å². The second-order valence-corrected chi connectivity index (χ2v) is 4.13. The van der Waals surface area contributed by atoms with Crippen molar-refractivity contribution in [3.05, 3.63) is 60.2 Å². The zero-order chi connectivity index (χ0) is 13.1. The summed E-state index contributed by atoms with van der Waals surface area (Å²) in [6.07, 6.45) is 4.06. The average Bonchev–Trinajstić information content (AvgIpc) is 2.89. The number of pyridine rings is 1. The van der Waals surface area contributed by atoms with Crippen LogP contribution in [0.15, 0.2) is 53.3 Å². The van der Waals surface area contributed by atoms with Crippen LogP contribution in [0, 0.1) is 0 Å². The lowest BCUT2D eigenvalue weighted by Gasteiger charge is -1.98. The third-order valence-electron chi connectivity index (χ3n) is 2.77. The summed E-state index contributed by atoms with van der Waals surface area (Å²) in [5.74, 6) is 1.08. The lowest BCUT2D eigenvalue weighted by molar-refractivity contribution is 0.385. The van der Waals surface area contributed by atoms with Gasteiger partial charge in [0.25, 0.3) is 0 Å². The SMILES string of the molecule is Nc1ccccc1-c1noc(Cc2ccncc2)n1. The highest BCUT2D eigenvalue weighted by Gasteiger charge is 2.11. The van der Waals surface area contributed by atoms with Gasteiger partial charge in [-0.1, -0.05) is 17.3 Å². The van der Waals surface area contributed by atoms with Crippen molar-refractivity contribution >= 4 is 5.69 Å². The normalized spacial score (nSPS) is 10.5. The zero-order valence-corrected chi connectivity index (χ0v) is 10.2. The number of para-hydroxylation sites is 1. The van der Waals surface area contributed by atoms with Gasteiger partial charge >= 0.3 is 0 Å². The van der Waals surface area contributed by atoms with Gasteiger partial charge in [-0.3, -0.25) is 4.98 Å². The van der Waals surface area contributed by atoms with E-state index in [2.05, 4.69) is 15.1 Å². The summed E-state index contributed by atoms with van der Waals surface area (Å²) in [5, 5.41) is 3.96. The molecule has 3 aromatic rings. The summed E-state index contributed by atoms with van der Waals surface area (Å²) in [5.41, 5.74) is 8.38. The first-order valence-electron chi connectivity index (χ1n) is 5.89. The summed E-state index contributed by atoms with van der Waals surface area (Å²) in [4.78, 5) is 8.33. The van der Waals surface area contributed by atoms with Crippen LogP contribution in [0.5, 0.6) is 0 Å². The molecule has 0 aliphatic carbocycles. The fourth-order valence-electron chi connectivity index (χ4n) is 1.81. The summed E-state index contributed by atoms with van der Waals surface area (Å²) in [6, 6.07) is 11.3. The van der Waals surface area contributed by atoms with Crippen LogP contribution >= 0.6 is 0 Å². The van der Waals surface area contributed by atoms with Crippen molar-refractivity contribution < 1.29 is 4.52 Å². The molecule has 0 aliphatic heterocycles. The largest absolute Gasteiger partial charge is 0.398 e. The predicted molar refractivity (Wildman–Crippen MR) is 71.2 cm³/mol. The van der Waals surface area contributed by atoms with E-state index in [9.17, 15) is 0 Å². The van der Waals surface area contributed by atoms with Crippen LogP contribution in [0.2, 0.25) is 0 Å². The van der Waals surface area contributed by atoms with Gasteiger partial charge in [0.1, 0.15) is 0 Å². The molecule has 0 fully saturated rings. The number of benzene rings is 1. The molecule has 0 radical (unpaired) electrons. The van der Waals surface area contributed by atoms with E-state index in [4.69, 9.17) is 10.3 Å². The van der Waals surface area contributed by atoms with E-state index in [0.29, 0.717) is 23.8 Å². The van der Waals surface area contributed by atoms with E-state index in [-0.39, 0.29) is 0 Å². The van der Waals surface area contributed by atoms with Gasteiger partial charge in [-0.25, -0.2) is 0 Å². The quantitative estimate of drug-likeness (QED) is 0.724. The molecular weight excluding hydrogens is 240 g/mol. The first-order chi connectivity index (χ1) is 9.33. The standard InChI is InChI=1S/C14H12N4O/c15-12-4-2-1-3-11(12)14-17-13(19-18-14)9-10-5-7-16-8-6-10/h1-8H,9,15H2. The molecule has 2 heterocycles. The number of anilines is 1. The Morgan fingerprint density at radius 3 is 2.63 bits per heavy atom. The molecule has 0 saturated carbocycles. The molecular formula is C14H12N4O. The van der Waals surface area contributed by atoms with Crippen LogP contribution < -0.4 is 5.73 Å². The Hall–Kier alpha value is -2.69. The number of nitrogen functional groups attached to an aromatic ring is 1. The lowest BCUT2D eigenvalue weighted by Crippen LogP contribution is -1.91. The maximum Gasteiger partial charge on any atom is 0.231 e. The highest BCUT2D eigenvalue weighted by Crippen LogP contribution is 2.22. The monoisotopic (exact) mass is 252 g/mol. The number of rotatable bonds is 3. The summed E-state index contributed by atoms with van der Waals surface area (Å²) in [7, 11) is 0. The van der Waals surface area contributed by atoms with Crippen LogP contribution in [0.4, 0.5) is 5.69 Å². The van der Waals surface area contributed by atoms with Crippen molar-refractivity contribution in [3.63, 3.8) is 0 Å². The highest BCUT2D eigenvalue weighted by atomic mass is 16.5. The Labute approximate surface area is 110 Å². The fourth-order valence-corrected chi connectivity index (χ4v) is 1.81. The minimum atomic E-state index is 0.516. The molecule has 0 bridgehead atoms. The Balaban J connectivity index is 1.86. The van der Waals surface area contributed by atoms with Crippen LogP contribution in [0.25, 0.3) is 11.4 Å². The minimum Gasteiger partial charge on any atom is -0.398 e. The molecule has 0 unspecified atom stereocenters. The van der Waals surface area contributed by atoms with Gasteiger partial charge in [0.05, 0.1) is 6.42 Å². The molecule has 1 aromatic carbocycles. The van der Waals surface area contributed by atoms with E-state index in [1.807, 2.05) is 36.4 Å². The smallest absolute Gasteiger partial charge is 0.231 e. The molecule has 94 valence electrons. The topological polar surface area (TPSA) is 77.8 Å². The third-order valence-corrected chi connectivity index (χ3v) is 2.77. The maximum absolute atomic E-state index is 5.88. The van der Waals surface area contributed by atoms with Crippen molar-refractivity contribution in [1.29, 1.82) is 0 Å². The molecule has 0 amide bonds. The second-order valence-electron chi connectivity index (χ2n) is 4.13. The lowest BCUT2D eigenvalue weighted by atomic mass is 10.1. The Kier molecular flexibility index (Phi) is 2.94. The Morgan fingerprint density at radius 1 is 1.05 bits per heavy atom. The third kappa shape index (κ3) is 2.44. The minimum absolute atomic E-state index is 0.516. The van der Waals surface area contributed by atoms with Gasteiger partial charge in [-0.15, -0.1) is 0 Å². The molecule has 0 spiro atoms. The van der Waals surface area contributed by atoms with E-state index < -0.39 is 0 Å². The predicted octanol–water partition coefficient (Wildman–Crippen LogP) is 2.30. The zero-order valence-electron chi connectivity index (χ0n) is 10.2. The number of aromatic nitrogens is 3. The van der Waals surface area contributed by atoms with Gasteiger partial charge in [-0.2, -0.15) is 4.98 Å². The van der Waals surface area contributed by atoms with E-state index >= 15 is 0 Å². The van der Waals surface area contributed by atoms with E-state index in [1.54, 1.807) is 12.4 Å². The van der Waals surface area contributed by atoms with Gasteiger partial charge in [-0.05, 0) is 29.8 Å². The number of hydrogen-bond donors (Lipinski definition) is 1. The summed E-state index contributed by atoms with van der Waals surface area (Å²) < 4.78 is 5.24. The first kappa shape index (κ1) is 11.4. The van der Waals surface area contributed by atoms with Gasteiger partial charge in [0.15, 0.2) is 0 Å². The van der Waals surface area contributed by atoms with Crippen molar-refractivity contribution in [2.24, 2.45) is 0 Å². The van der Waals surface area contributed by atoms with Crippen molar-refractivity contribution in [2.45, 2.75) is 6.42 Å². The molecule has 5 nitrogen and oxygen atoms in total.